The minimum atomic E-state index is -0.757. The standard InChI is InChI=1S/C22H27N3O5S/c1-13-11-24(19(27)29-21(2,3)4)17-16-15(9-8-10-23-16)31-18(17)14(12-26)25(13)20(28)30-22(5,6)7/h8-10,13H,11H2,1-7H3/t13-/m1/s1. The normalized spacial score (nSPS) is 17.1. The van der Waals surface area contributed by atoms with Gasteiger partial charge in [0.2, 0.25) is 0 Å². The van der Waals surface area contributed by atoms with Crippen molar-refractivity contribution in [2.24, 2.45) is 0 Å². The van der Waals surface area contributed by atoms with Crippen molar-refractivity contribution in [2.45, 2.75) is 65.7 Å². The number of fused-ring (bicyclic) bond motifs is 3. The summed E-state index contributed by atoms with van der Waals surface area (Å²) >= 11 is 1.27. The van der Waals surface area contributed by atoms with Gasteiger partial charge in [-0.1, -0.05) is 0 Å². The number of carbonyl (C=O) groups excluding carboxylic acids is 3. The van der Waals surface area contributed by atoms with E-state index in [-0.39, 0.29) is 12.2 Å². The lowest BCUT2D eigenvalue weighted by atomic mass is 10.2. The summed E-state index contributed by atoms with van der Waals surface area (Å²) in [4.78, 5) is 45.9. The van der Waals surface area contributed by atoms with E-state index in [9.17, 15) is 14.4 Å². The number of amides is 2. The molecule has 1 aliphatic heterocycles. The SMILES string of the molecule is C[C@@H]1CN(C(=O)OC(C)(C)C)c2c(sc3cccnc23)C(=C=O)N1C(=O)OC(C)(C)C. The van der Waals surface area contributed by atoms with Crippen molar-refractivity contribution < 1.29 is 23.9 Å². The smallest absolute Gasteiger partial charge is 0.415 e. The topological polar surface area (TPSA) is 89.0 Å². The lowest BCUT2D eigenvalue weighted by Crippen LogP contribution is -2.46. The number of hydrogen-bond donors (Lipinski definition) is 0. The predicted octanol–water partition coefficient (Wildman–Crippen LogP) is 4.85. The van der Waals surface area contributed by atoms with E-state index in [1.54, 1.807) is 60.7 Å². The predicted molar refractivity (Wildman–Crippen MR) is 120 cm³/mol. The number of carbonyl (C=O) groups is 2. The van der Waals surface area contributed by atoms with Crippen LogP contribution in [-0.4, -0.2) is 51.8 Å². The number of hydrogen-bond acceptors (Lipinski definition) is 7. The molecular weight excluding hydrogens is 418 g/mol. The fourth-order valence-electron chi connectivity index (χ4n) is 3.26. The molecule has 0 aromatic carbocycles. The van der Waals surface area contributed by atoms with Crippen molar-refractivity contribution in [3.63, 3.8) is 0 Å². The Hall–Kier alpha value is -2.90. The Kier molecular flexibility index (Phi) is 5.86. The van der Waals surface area contributed by atoms with Gasteiger partial charge in [-0.3, -0.25) is 14.8 Å². The summed E-state index contributed by atoms with van der Waals surface area (Å²) in [5.41, 5.74) is -0.469. The first-order chi connectivity index (χ1) is 14.3. The van der Waals surface area contributed by atoms with Crippen LogP contribution in [0.15, 0.2) is 18.3 Å². The van der Waals surface area contributed by atoms with E-state index < -0.39 is 29.4 Å². The Morgan fingerprint density at radius 1 is 1.13 bits per heavy atom. The Balaban J connectivity index is 2.21. The lowest BCUT2D eigenvalue weighted by molar-refractivity contribution is 0.0301. The summed E-state index contributed by atoms with van der Waals surface area (Å²) in [7, 11) is 0. The molecule has 2 amide bonds. The molecule has 1 aliphatic rings. The molecule has 0 fully saturated rings. The van der Waals surface area contributed by atoms with E-state index in [1.807, 2.05) is 12.0 Å². The molecule has 166 valence electrons. The second-order valence-electron chi connectivity index (χ2n) is 9.37. The van der Waals surface area contributed by atoms with E-state index in [0.717, 1.165) is 4.70 Å². The summed E-state index contributed by atoms with van der Waals surface area (Å²) in [6.07, 6.45) is 0.357. The fourth-order valence-corrected chi connectivity index (χ4v) is 4.41. The zero-order chi connectivity index (χ0) is 23.1. The first-order valence-electron chi connectivity index (χ1n) is 9.98. The number of anilines is 1. The molecule has 3 rings (SSSR count). The maximum atomic E-state index is 13.2. The fraction of sp³-hybridized carbons (Fsp3) is 0.500. The molecule has 31 heavy (non-hydrogen) atoms. The van der Waals surface area contributed by atoms with E-state index in [4.69, 9.17) is 9.47 Å². The third-order valence-corrected chi connectivity index (χ3v) is 5.48. The molecule has 0 saturated carbocycles. The minimum Gasteiger partial charge on any atom is -0.443 e. The number of nitrogens with zero attached hydrogens (tertiary/aromatic N) is 3. The molecule has 1 atom stereocenters. The van der Waals surface area contributed by atoms with Crippen LogP contribution in [0.5, 0.6) is 0 Å². The lowest BCUT2D eigenvalue weighted by Gasteiger charge is -2.31. The van der Waals surface area contributed by atoms with Gasteiger partial charge in [-0.05, 0) is 60.6 Å². The highest BCUT2D eigenvalue weighted by molar-refractivity contribution is 7.20. The number of rotatable bonds is 0. The molecule has 8 nitrogen and oxygen atoms in total. The number of aromatic nitrogens is 1. The Labute approximate surface area is 185 Å². The van der Waals surface area contributed by atoms with Crippen molar-refractivity contribution in [3.8, 4) is 0 Å². The highest BCUT2D eigenvalue weighted by Gasteiger charge is 2.41. The second kappa shape index (κ2) is 7.98. The molecule has 0 unspecified atom stereocenters. The molecule has 0 bridgehead atoms. The molecule has 0 aliphatic carbocycles. The highest BCUT2D eigenvalue weighted by Crippen LogP contribution is 2.44. The zero-order valence-electron chi connectivity index (χ0n) is 18.8. The quantitative estimate of drug-likeness (QED) is 0.539. The van der Waals surface area contributed by atoms with Gasteiger partial charge in [-0.25, -0.2) is 14.4 Å². The first-order valence-corrected chi connectivity index (χ1v) is 10.8. The minimum absolute atomic E-state index is 0.0193. The third-order valence-electron chi connectivity index (χ3n) is 4.34. The van der Waals surface area contributed by atoms with Crippen LogP contribution in [0.1, 0.15) is 53.3 Å². The van der Waals surface area contributed by atoms with Gasteiger partial charge in [0.25, 0.3) is 0 Å². The van der Waals surface area contributed by atoms with Gasteiger partial charge in [-0.15, -0.1) is 11.3 Å². The van der Waals surface area contributed by atoms with Gasteiger partial charge in [0, 0.05) is 6.20 Å². The van der Waals surface area contributed by atoms with Gasteiger partial charge in [0.15, 0.2) is 11.6 Å². The molecule has 2 aromatic rings. The molecule has 0 N–H and O–H groups in total. The van der Waals surface area contributed by atoms with E-state index >= 15 is 0 Å². The molecule has 0 saturated heterocycles. The summed E-state index contributed by atoms with van der Waals surface area (Å²) in [6, 6.07) is 3.05. The van der Waals surface area contributed by atoms with Crippen molar-refractivity contribution in [1.29, 1.82) is 0 Å². The van der Waals surface area contributed by atoms with Crippen LogP contribution in [0, 0.1) is 0 Å². The van der Waals surface area contributed by atoms with Crippen molar-refractivity contribution >= 4 is 51.1 Å². The average molecular weight is 446 g/mol. The first kappa shape index (κ1) is 22.8. The Morgan fingerprint density at radius 3 is 2.32 bits per heavy atom. The van der Waals surface area contributed by atoms with Gasteiger partial charge in [0.1, 0.15) is 16.7 Å². The van der Waals surface area contributed by atoms with E-state index in [2.05, 4.69) is 4.98 Å². The number of thiophene rings is 1. The van der Waals surface area contributed by atoms with Gasteiger partial charge in [-0.2, -0.15) is 0 Å². The summed E-state index contributed by atoms with van der Waals surface area (Å²) in [5, 5.41) is 0. The Morgan fingerprint density at radius 2 is 1.74 bits per heavy atom. The molecule has 3 heterocycles. The number of ether oxygens (including phenoxy) is 2. The molecular formula is C22H27N3O5S. The van der Waals surface area contributed by atoms with Crippen LogP contribution in [0.4, 0.5) is 15.3 Å². The van der Waals surface area contributed by atoms with Gasteiger partial charge in [0.05, 0.1) is 27.9 Å². The van der Waals surface area contributed by atoms with Gasteiger partial charge >= 0.3 is 12.2 Å². The largest absolute Gasteiger partial charge is 0.443 e. The van der Waals surface area contributed by atoms with Crippen molar-refractivity contribution in [1.82, 2.24) is 9.88 Å². The monoisotopic (exact) mass is 445 g/mol. The molecule has 0 spiro atoms. The maximum Gasteiger partial charge on any atom is 0.415 e. The van der Waals surface area contributed by atoms with Gasteiger partial charge < -0.3 is 9.47 Å². The molecule has 9 heteroatoms. The third kappa shape index (κ3) is 4.73. The zero-order valence-corrected chi connectivity index (χ0v) is 19.6. The average Bonchev–Trinajstić information content (AvgIpc) is 2.93. The summed E-state index contributed by atoms with van der Waals surface area (Å²) in [5.74, 6) is 1.91. The van der Waals surface area contributed by atoms with Crippen LogP contribution in [0.3, 0.4) is 0 Å². The second-order valence-corrected chi connectivity index (χ2v) is 10.4. The van der Waals surface area contributed by atoms with Crippen LogP contribution in [-0.2, 0) is 14.3 Å². The van der Waals surface area contributed by atoms with Crippen LogP contribution < -0.4 is 4.90 Å². The van der Waals surface area contributed by atoms with Crippen LogP contribution in [0.2, 0.25) is 0 Å². The highest BCUT2D eigenvalue weighted by atomic mass is 32.1. The van der Waals surface area contributed by atoms with Crippen molar-refractivity contribution in [2.75, 3.05) is 11.4 Å². The Bertz CT molecular complexity index is 1070. The summed E-state index contributed by atoms with van der Waals surface area (Å²) in [6.45, 7) is 12.4. The molecule has 2 aromatic heterocycles. The van der Waals surface area contributed by atoms with E-state index in [0.29, 0.717) is 16.1 Å². The van der Waals surface area contributed by atoms with Crippen LogP contribution in [0.25, 0.3) is 15.9 Å². The summed E-state index contributed by atoms with van der Waals surface area (Å²) < 4.78 is 11.9. The van der Waals surface area contributed by atoms with E-state index in [1.165, 1.54) is 21.1 Å². The number of pyridine rings is 1. The van der Waals surface area contributed by atoms with Crippen LogP contribution >= 0.6 is 11.3 Å². The van der Waals surface area contributed by atoms with Crippen molar-refractivity contribution in [3.05, 3.63) is 23.2 Å². The molecule has 0 radical (unpaired) electrons. The maximum absolute atomic E-state index is 13.2.